The predicted octanol–water partition coefficient (Wildman–Crippen LogP) is 3.93. The van der Waals surface area contributed by atoms with E-state index in [4.69, 9.17) is 5.73 Å². The summed E-state index contributed by atoms with van der Waals surface area (Å²) in [6.07, 6.45) is 2.26. The Morgan fingerprint density at radius 3 is 2.48 bits per heavy atom. The molecule has 0 unspecified atom stereocenters. The first-order valence-corrected chi connectivity index (χ1v) is 10.0. The maximum Gasteiger partial charge on any atom is 0.265 e. The molecule has 0 amide bonds. The quantitative estimate of drug-likeness (QED) is 0.688. The van der Waals surface area contributed by atoms with Gasteiger partial charge in [-0.3, -0.25) is 4.72 Å². The Hall–Kier alpha value is -0.640. The molecule has 21 heavy (non-hydrogen) atoms. The fraction of sp³-hybridized carbons (Fsp3) is 0.250. The molecule has 0 saturated heterocycles. The molecule has 0 atom stereocenters. The Labute approximate surface area is 143 Å². The van der Waals surface area contributed by atoms with Gasteiger partial charge in [0.05, 0.1) is 5.69 Å². The number of sulfonamides is 1. The SMILES string of the molecule is Nc1cc(Br)c(S(=O)(=O)Nc2nc(C3CC3)cs2)c(Br)c1. The normalized spacial score (nSPS) is 15.1. The Kier molecular flexibility index (Phi) is 4.02. The van der Waals surface area contributed by atoms with Gasteiger partial charge in [-0.2, -0.15) is 0 Å². The van der Waals surface area contributed by atoms with E-state index in [2.05, 4.69) is 41.6 Å². The molecule has 0 bridgehead atoms. The van der Waals surface area contributed by atoms with Gasteiger partial charge in [-0.15, -0.1) is 11.3 Å². The number of nitrogen functional groups attached to an aromatic ring is 1. The van der Waals surface area contributed by atoms with E-state index in [0.29, 0.717) is 25.7 Å². The summed E-state index contributed by atoms with van der Waals surface area (Å²) in [5.41, 5.74) is 7.12. The van der Waals surface area contributed by atoms with E-state index < -0.39 is 10.0 Å². The topological polar surface area (TPSA) is 85.1 Å². The lowest BCUT2D eigenvalue weighted by atomic mass is 10.3. The van der Waals surface area contributed by atoms with Gasteiger partial charge in [-0.25, -0.2) is 13.4 Å². The number of benzene rings is 1. The highest BCUT2D eigenvalue weighted by atomic mass is 79.9. The summed E-state index contributed by atoms with van der Waals surface area (Å²) in [5, 5.41) is 2.29. The van der Waals surface area contributed by atoms with Crippen molar-refractivity contribution in [1.82, 2.24) is 4.98 Å². The molecule has 0 radical (unpaired) electrons. The molecule has 9 heteroatoms. The van der Waals surface area contributed by atoms with Crippen LogP contribution in [-0.4, -0.2) is 13.4 Å². The van der Waals surface area contributed by atoms with Crippen LogP contribution < -0.4 is 10.5 Å². The Morgan fingerprint density at radius 2 is 1.90 bits per heavy atom. The highest BCUT2D eigenvalue weighted by molar-refractivity contribution is 9.11. The molecule has 5 nitrogen and oxygen atoms in total. The number of nitrogens with two attached hydrogens (primary N) is 1. The minimum atomic E-state index is -3.73. The van der Waals surface area contributed by atoms with Crippen molar-refractivity contribution in [3.63, 3.8) is 0 Å². The monoisotopic (exact) mass is 451 g/mol. The molecule has 1 heterocycles. The van der Waals surface area contributed by atoms with E-state index in [-0.39, 0.29) is 4.90 Å². The molecule has 1 aliphatic rings. The third-order valence-corrected chi connectivity index (χ3v) is 7.15. The lowest BCUT2D eigenvalue weighted by Crippen LogP contribution is -2.14. The molecule has 3 rings (SSSR count). The van der Waals surface area contributed by atoms with E-state index >= 15 is 0 Å². The largest absolute Gasteiger partial charge is 0.399 e. The summed E-state index contributed by atoms with van der Waals surface area (Å²) in [6.45, 7) is 0. The molecule has 1 aromatic heterocycles. The standard InChI is InChI=1S/C12H11Br2N3O2S2/c13-8-3-7(15)4-9(14)11(8)21(18,19)17-12-16-10(5-20-12)6-1-2-6/h3-6H,1-2,15H2,(H,16,17). The van der Waals surface area contributed by atoms with Crippen molar-refractivity contribution < 1.29 is 8.42 Å². The molecule has 1 aliphatic carbocycles. The van der Waals surface area contributed by atoms with Crippen LogP contribution in [-0.2, 0) is 10.0 Å². The molecule has 2 aromatic rings. The first-order valence-electron chi connectivity index (χ1n) is 6.09. The number of hydrogen-bond acceptors (Lipinski definition) is 5. The van der Waals surface area contributed by atoms with Crippen LogP contribution in [0.4, 0.5) is 10.8 Å². The molecular formula is C12H11Br2N3O2S2. The number of thiazole rings is 1. The van der Waals surface area contributed by atoms with Gasteiger partial charge in [0.2, 0.25) is 0 Å². The molecular weight excluding hydrogens is 442 g/mol. The first-order chi connectivity index (χ1) is 9.87. The average molecular weight is 453 g/mol. The van der Waals surface area contributed by atoms with E-state index in [1.807, 2.05) is 5.38 Å². The van der Waals surface area contributed by atoms with Crippen molar-refractivity contribution in [2.24, 2.45) is 0 Å². The van der Waals surface area contributed by atoms with Gasteiger partial charge in [-0.1, -0.05) is 0 Å². The number of aromatic nitrogens is 1. The van der Waals surface area contributed by atoms with Gasteiger partial charge in [0, 0.05) is 25.9 Å². The molecule has 112 valence electrons. The van der Waals surface area contributed by atoms with Gasteiger partial charge < -0.3 is 5.73 Å². The summed E-state index contributed by atoms with van der Waals surface area (Å²) in [6, 6.07) is 3.10. The van der Waals surface area contributed by atoms with Crippen LogP contribution in [0.25, 0.3) is 0 Å². The van der Waals surface area contributed by atoms with Crippen LogP contribution in [0.1, 0.15) is 24.5 Å². The van der Waals surface area contributed by atoms with Gasteiger partial charge in [0.25, 0.3) is 10.0 Å². The fourth-order valence-corrected chi connectivity index (χ4v) is 6.57. The van der Waals surface area contributed by atoms with Gasteiger partial charge in [-0.05, 0) is 56.8 Å². The van der Waals surface area contributed by atoms with Crippen LogP contribution in [0.3, 0.4) is 0 Å². The second-order valence-electron chi connectivity index (χ2n) is 4.77. The Balaban J connectivity index is 1.92. The summed E-state index contributed by atoms with van der Waals surface area (Å²) in [4.78, 5) is 4.44. The van der Waals surface area contributed by atoms with E-state index in [1.165, 1.54) is 11.3 Å². The van der Waals surface area contributed by atoms with Crippen molar-refractivity contribution in [2.45, 2.75) is 23.7 Å². The van der Waals surface area contributed by atoms with Crippen molar-refractivity contribution in [3.05, 3.63) is 32.2 Å². The van der Waals surface area contributed by atoms with E-state index in [9.17, 15) is 8.42 Å². The predicted molar refractivity (Wildman–Crippen MR) is 91.2 cm³/mol. The van der Waals surface area contributed by atoms with Crippen molar-refractivity contribution in [2.75, 3.05) is 10.5 Å². The zero-order chi connectivity index (χ0) is 15.2. The minimum absolute atomic E-state index is 0.111. The number of hydrogen-bond donors (Lipinski definition) is 2. The molecule has 0 spiro atoms. The maximum absolute atomic E-state index is 12.5. The zero-order valence-electron chi connectivity index (χ0n) is 10.6. The van der Waals surface area contributed by atoms with Crippen LogP contribution in [0, 0.1) is 0 Å². The number of anilines is 2. The van der Waals surface area contributed by atoms with Crippen molar-refractivity contribution in [1.29, 1.82) is 0 Å². The zero-order valence-corrected chi connectivity index (χ0v) is 15.4. The van der Waals surface area contributed by atoms with Gasteiger partial charge >= 0.3 is 0 Å². The van der Waals surface area contributed by atoms with Crippen molar-refractivity contribution >= 4 is 64.0 Å². The summed E-state index contributed by atoms with van der Waals surface area (Å²) < 4.78 is 28.3. The second kappa shape index (κ2) is 5.53. The lowest BCUT2D eigenvalue weighted by molar-refractivity contribution is 0.600. The molecule has 1 fully saturated rings. The fourth-order valence-electron chi connectivity index (χ4n) is 1.90. The van der Waals surface area contributed by atoms with Gasteiger partial charge in [0.15, 0.2) is 5.13 Å². The third kappa shape index (κ3) is 3.25. The van der Waals surface area contributed by atoms with Gasteiger partial charge in [0.1, 0.15) is 4.90 Å². The highest BCUT2D eigenvalue weighted by Crippen LogP contribution is 2.41. The van der Waals surface area contributed by atoms with E-state index in [1.54, 1.807) is 12.1 Å². The lowest BCUT2D eigenvalue weighted by Gasteiger charge is -2.10. The summed E-state index contributed by atoms with van der Waals surface area (Å²) in [5.74, 6) is 0.495. The van der Waals surface area contributed by atoms with Crippen LogP contribution in [0.2, 0.25) is 0 Å². The number of halogens is 2. The smallest absolute Gasteiger partial charge is 0.265 e. The minimum Gasteiger partial charge on any atom is -0.399 e. The maximum atomic E-state index is 12.5. The van der Waals surface area contributed by atoms with Crippen molar-refractivity contribution in [3.8, 4) is 0 Å². The summed E-state index contributed by atoms with van der Waals surface area (Å²) in [7, 11) is -3.73. The second-order valence-corrected chi connectivity index (χ2v) is 8.96. The number of nitrogens with one attached hydrogen (secondary N) is 1. The Bertz CT molecular complexity index is 778. The van der Waals surface area contributed by atoms with Crippen LogP contribution in [0.15, 0.2) is 31.4 Å². The number of rotatable bonds is 4. The molecule has 1 saturated carbocycles. The summed E-state index contributed by atoms with van der Waals surface area (Å²) >= 11 is 7.78. The third-order valence-electron chi connectivity index (χ3n) is 3.03. The molecule has 1 aromatic carbocycles. The van der Waals surface area contributed by atoms with Crippen LogP contribution in [0.5, 0.6) is 0 Å². The highest BCUT2D eigenvalue weighted by Gasteiger charge is 2.28. The first kappa shape index (κ1) is 15.3. The van der Waals surface area contributed by atoms with E-state index in [0.717, 1.165) is 18.5 Å². The van der Waals surface area contributed by atoms with Crippen LogP contribution >= 0.6 is 43.2 Å². The average Bonchev–Trinajstić information content (AvgIpc) is 3.09. The Morgan fingerprint density at radius 1 is 1.29 bits per heavy atom. The molecule has 0 aliphatic heterocycles. The molecule has 3 N–H and O–H groups in total. The number of nitrogens with zero attached hydrogens (tertiary/aromatic N) is 1.